The highest BCUT2D eigenvalue weighted by Gasteiger charge is 2.18. The summed E-state index contributed by atoms with van der Waals surface area (Å²) in [5.74, 6) is 1.18. The van der Waals surface area contributed by atoms with Gasteiger partial charge in [0.05, 0.1) is 18.3 Å². The van der Waals surface area contributed by atoms with Crippen molar-refractivity contribution in [3.05, 3.63) is 82.5 Å². The summed E-state index contributed by atoms with van der Waals surface area (Å²) in [6.45, 7) is 0.710. The van der Waals surface area contributed by atoms with Crippen LogP contribution in [0.5, 0.6) is 5.75 Å². The summed E-state index contributed by atoms with van der Waals surface area (Å²) in [6, 6.07) is 17.0. The number of rotatable bonds is 4. The van der Waals surface area contributed by atoms with E-state index in [0.717, 1.165) is 16.9 Å². The van der Waals surface area contributed by atoms with E-state index in [1.807, 2.05) is 54.6 Å². The standard InChI is InChI=1S/C20H16ClN3O2/c21-17-7-3-1-6-15(17)12-24-19(9-10-22-24)23-20(25)16-11-14-5-2-4-8-18(14)26-13-16/h1-11H,12-13H2,(H,23,25). The highest BCUT2D eigenvalue weighted by atomic mass is 35.5. The molecule has 1 aliphatic rings. The van der Waals surface area contributed by atoms with E-state index in [9.17, 15) is 4.79 Å². The molecule has 0 radical (unpaired) electrons. The number of hydrogen-bond donors (Lipinski definition) is 1. The van der Waals surface area contributed by atoms with Crippen molar-refractivity contribution >= 4 is 29.4 Å². The molecule has 0 aliphatic carbocycles. The van der Waals surface area contributed by atoms with Crippen LogP contribution in [0.15, 0.2) is 66.4 Å². The van der Waals surface area contributed by atoms with Crippen molar-refractivity contribution < 1.29 is 9.53 Å². The lowest BCUT2D eigenvalue weighted by Gasteiger charge is -2.17. The normalized spacial score (nSPS) is 12.7. The Bertz CT molecular complexity index is 994. The van der Waals surface area contributed by atoms with Gasteiger partial charge in [-0.3, -0.25) is 4.79 Å². The maximum absolute atomic E-state index is 12.6. The molecule has 130 valence electrons. The van der Waals surface area contributed by atoms with Gasteiger partial charge in [0.25, 0.3) is 5.91 Å². The quantitative estimate of drug-likeness (QED) is 0.760. The Morgan fingerprint density at radius 2 is 1.96 bits per heavy atom. The Labute approximate surface area is 155 Å². The fourth-order valence-electron chi connectivity index (χ4n) is 2.80. The van der Waals surface area contributed by atoms with Crippen molar-refractivity contribution in [3.8, 4) is 5.75 Å². The molecule has 0 atom stereocenters. The molecule has 3 aromatic rings. The lowest BCUT2D eigenvalue weighted by atomic mass is 10.1. The van der Waals surface area contributed by atoms with Gasteiger partial charge in [0.2, 0.25) is 0 Å². The summed E-state index contributed by atoms with van der Waals surface area (Å²) in [6.07, 6.45) is 3.50. The van der Waals surface area contributed by atoms with E-state index in [4.69, 9.17) is 16.3 Å². The van der Waals surface area contributed by atoms with Gasteiger partial charge in [-0.2, -0.15) is 5.10 Å². The van der Waals surface area contributed by atoms with E-state index in [1.165, 1.54) is 0 Å². The molecule has 1 amide bonds. The van der Waals surface area contributed by atoms with Crippen LogP contribution < -0.4 is 10.1 Å². The third-order valence-corrected chi connectivity index (χ3v) is 4.53. The summed E-state index contributed by atoms with van der Waals surface area (Å²) in [4.78, 5) is 12.6. The molecule has 0 saturated heterocycles. The topological polar surface area (TPSA) is 56.2 Å². The van der Waals surface area contributed by atoms with Gasteiger partial charge in [-0.1, -0.05) is 48.0 Å². The SMILES string of the molecule is O=C(Nc1ccnn1Cc1ccccc1Cl)C1=Cc2ccccc2OC1. The second kappa shape index (κ2) is 7.06. The van der Waals surface area contributed by atoms with Crippen LogP contribution in [0.4, 0.5) is 5.82 Å². The summed E-state index contributed by atoms with van der Waals surface area (Å²) in [5.41, 5.74) is 2.39. The fraction of sp³-hybridized carbons (Fsp3) is 0.100. The number of para-hydroxylation sites is 1. The Morgan fingerprint density at radius 3 is 2.85 bits per heavy atom. The minimum atomic E-state index is -0.208. The fourth-order valence-corrected chi connectivity index (χ4v) is 2.99. The van der Waals surface area contributed by atoms with Gasteiger partial charge < -0.3 is 10.1 Å². The molecule has 0 spiro atoms. The zero-order valence-electron chi connectivity index (χ0n) is 13.9. The Morgan fingerprint density at radius 1 is 1.15 bits per heavy atom. The molecule has 0 saturated carbocycles. The molecule has 5 nitrogen and oxygen atoms in total. The van der Waals surface area contributed by atoms with Crippen molar-refractivity contribution in [2.45, 2.75) is 6.54 Å². The van der Waals surface area contributed by atoms with Crippen LogP contribution in [-0.4, -0.2) is 22.3 Å². The molecule has 0 unspecified atom stereocenters. The molecular formula is C20H16ClN3O2. The molecule has 26 heavy (non-hydrogen) atoms. The van der Waals surface area contributed by atoms with E-state index in [2.05, 4.69) is 10.4 Å². The number of nitrogens with one attached hydrogen (secondary N) is 1. The molecule has 0 bridgehead atoms. The van der Waals surface area contributed by atoms with Crippen molar-refractivity contribution in [2.24, 2.45) is 0 Å². The molecule has 0 fully saturated rings. The second-order valence-electron chi connectivity index (χ2n) is 5.92. The van der Waals surface area contributed by atoms with Crippen LogP contribution in [0.3, 0.4) is 0 Å². The first-order chi connectivity index (χ1) is 12.7. The number of ether oxygens (including phenoxy) is 1. The summed E-state index contributed by atoms with van der Waals surface area (Å²) in [7, 11) is 0. The predicted molar refractivity (Wildman–Crippen MR) is 101 cm³/mol. The summed E-state index contributed by atoms with van der Waals surface area (Å²) in [5, 5.41) is 7.85. The van der Waals surface area contributed by atoms with E-state index in [0.29, 0.717) is 23.0 Å². The molecule has 1 N–H and O–H groups in total. The van der Waals surface area contributed by atoms with Crippen LogP contribution >= 0.6 is 11.6 Å². The van der Waals surface area contributed by atoms with Crippen LogP contribution in [0.25, 0.3) is 6.08 Å². The number of halogens is 1. The minimum absolute atomic E-state index is 0.208. The van der Waals surface area contributed by atoms with Crippen LogP contribution in [0, 0.1) is 0 Å². The molecule has 1 aliphatic heterocycles. The minimum Gasteiger partial charge on any atom is -0.488 e. The summed E-state index contributed by atoms with van der Waals surface area (Å²) >= 11 is 6.21. The zero-order chi connectivity index (χ0) is 17.9. The van der Waals surface area contributed by atoms with Crippen molar-refractivity contribution in [2.75, 3.05) is 11.9 Å². The number of anilines is 1. The van der Waals surface area contributed by atoms with E-state index in [1.54, 1.807) is 16.9 Å². The highest BCUT2D eigenvalue weighted by Crippen LogP contribution is 2.26. The third kappa shape index (κ3) is 3.34. The average Bonchev–Trinajstić information content (AvgIpc) is 3.10. The molecule has 2 heterocycles. The largest absolute Gasteiger partial charge is 0.488 e. The third-order valence-electron chi connectivity index (χ3n) is 4.16. The van der Waals surface area contributed by atoms with E-state index in [-0.39, 0.29) is 12.5 Å². The van der Waals surface area contributed by atoms with Gasteiger partial charge >= 0.3 is 0 Å². The van der Waals surface area contributed by atoms with Gasteiger partial charge in [-0.05, 0) is 23.8 Å². The van der Waals surface area contributed by atoms with Crippen LogP contribution in [-0.2, 0) is 11.3 Å². The highest BCUT2D eigenvalue weighted by molar-refractivity contribution is 6.31. The van der Waals surface area contributed by atoms with Gasteiger partial charge in [0.15, 0.2) is 0 Å². The van der Waals surface area contributed by atoms with Crippen LogP contribution in [0.1, 0.15) is 11.1 Å². The Balaban J connectivity index is 1.52. The van der Waals surface area contributed by atoms with Crippen LogP contribution in [0.2, 0.25) is 5.02 Å². The smallest absolute Gasteiger partial charge is 0.256 e. The lowest BCUT2D eigenvalue weighted by molar-refractivity contribution is -0.113. The lowest BCUT2D eigenvalue weighted by Crippen LogP contribution is -2.23. The van der Waals surface area contributed by atoms with Gasteiger partial charge in [-0.15, -0.1) is 0 Å². The number of hydrogen-bond acceptors (Lipinski definition) is 3. The van der Waals surface area contributed by atoms with E-state index >= 15 is 0 Å². The summed E-state index contributed by atoms with van der Waals surface area (Å²) < 4.78 is 7.35. The van der Waals surface area contributed by atoms with E-state index < -0.39 is 0 Å². The molecule has 6 heteroatoms. The molecule has 1 aromatic heterocycles. The maximum atomic E-state index is 12.6. The monoisotopic (exact) mass is 365 g/mol. The van der Waals surface area contributed by atoms with Gasteiger partial charge in [0.1, 0.15) is 18.2 Å². The number of carbonyl (C=O) groups is 1. The van der Waals surface area contributed by atoms with Gasteiger partial charge in [-0.25, -0.2) is 4.68 Å². The number of carbonyl (C=O) groups excluding carboxylic acids is 1. The van der Waals surface area contributed by atoms with Crippen molar-refractivity contribution in [1.29, 1.82) is 0 Å². The Hall–Kier alpha value is -3.05. The number of nitrogens with zero attached hydrogens (tertiary/aromatic N) is 2. The molecule has 2 aromatic carbocycles. The number of amides is 1. The first kappa shape index (κ1) is 16.4. The number of fused-ring (bicyclic) bond motifs is 1. The first-order valence-electron chi connectivity index (χ1n) is 8.20. The van der Waals surface area contributed by atoms with Crippen molar-refractivity contribution in [1.82, 2.24) is 9.78 Å². The Kier molecular flexibility index (Phi) is 4.46. The average molecular weight is 366 g/mol. The maximum Gasteiger partial charge on any atom is 0.256 e. The predicted octanol–water partition coefficient (Wildman–Crippen LogP) is 4.00. The molecule has 4 rings (SSSR count). The number of benzene rings is 2. The zero-order valence-corrected chi connectivity index (χ0v) is 14.6. The second-order valence-corrected chi connectivity index (χ2v) is 6.32. The number of aromatic nitrogens is 2. The van der Waals surface area contributed by atoms with Crippen molar-refractivity contribution in [3.63, 3.8) is 0 Å². The van der Waals surface area contributed by atoms with Gasteiger partial charge in [0, 0.05) is 16.7 Å². The first-order valence-corrected chi connectivity index (χ1v) is 8.57. The molecular weight excluding hydrogens is 350 g/mol.